The van der Waals surface area contributed by atoms with Gasteiger partial charge in [-0.25, -0.2) is 19.7 Å². The molecule has 0 spiro atoms. The summed E-state index contributed by atoms with van der Waals surface area (Å²) < 4.78 is 5.27. The maximum Gasteiger partial charge on any atom is 0.343 e. The van der Waals surface area contributed by atoms with Gasteiger partial charge in [0.1, 0.15) is 17.2 Å². The Kier molecular flexibility index (Phi) is 5.96. The van der Waals surface area contributed by atoms with E-state index >= 15 is 0 Å². The number of para-hydroxylation sites is 2. The number of hydrogen-bond acceptors (Lipinski definition) is 6. The van der Waals surface area contributed by atoms with Gasteiger partial charge < -0.3 is 14.6 Å². The average molecular weight is 462 g/mol. The number of H-pyrrole nitrogens is 1. The number of anilines is 1. The summed E-state index contributed by atoms with van der Waals surface area (Å²) in [4.78, 5) is 32.2. The van der Waals surface area contributed by atoms with Crippen molar-refractivity contribution in [2.75, 3.05) is 24.6 Å². The van der Waals surface area contributed by atoms with Crippen LogP contribution < -0.4 is 4.90 Å². The number of imidazole rings is 1. The molecule has 0 amide bonds. The third-order valence-electron chi connectivity index (χ3n) is 5.96. The predicted octanol–water partition coefficient (Wildman–Crippen LogP) is 5.23. The number of aromatic nitrogens is 4. The second-order valence-corrected chi connectivity index (χ2v) is 8.50. The zero-order chi connectivity index (χ0) is 22.8. The molecule has 168 valence electrons. The maximum absolute atomic E-state index is 12.6. The van der Waals surface area contributed by atoms with Crippen molar-refractivity contribution in [1.29, 1.82) is 0 Å². The summed E-state index contributed by atoms with van der Waals surface area (Å²) in [5, 5.41) is 0.648. The van der Waals surface area contributed by atoms with Crippen LogP contribution in [-0.2, 0) is 4.74 Å². The van der Waals surface area contributed by atoms with Crippen LogP contribution in [0.25, 0.3) is 22.4 Å². The first-order valence-corrected chi connectivity index (χ1v) is 11.5. The second-order valence-electron chi connectivity index (χ2n) is 8.06. The third-order valence-corrected chi connectivity index (χ3v) is 6.21. The second kappa shape index (κ2) is 9.19. The topological polar surface area (TPSA) is 84.0 Å². The number of halogens is 1. The lowest BCUT2D eigenvalue weighted by Gasteiger charge is -2.33. The summed E-state index contributed by atoms with van der Waals surface area (Å²) in [5.74, 6) is 2.10. The largest absolute Gasteiger partial charge is 0.462 e. The molecule has 1 N–H and O–H groups in total. The summed E-state index contributed by atoms with van der Waals surface area (Å²) >= 11 is 6.03. The van der Waals surface area contributed by atoms with Gasteiger partial charge in [0.15, 0.2) is 5.82 Å². The molecule has 33 heavy (non-hydrogen) atoms. The van der Waals surface area contributed by atoms with Crippen molar-refractivity contribution in [2.24, 2.45) is 0 Å². The molecular weight excluding hydrogens is 438 g/mol. The van der Waals surface area contributed by atoms with Crippen LogP contribution in [-0.4, -0.2) is 45.6 Å². The Bertz CT molecular complexity index is 1250. The van der Waals surface area contributed by atoms with Gasteiger partial charge in [-0.15, -0.1) is 0 Å². The summed E-state index contributed by atoms with van der Waals surface area (Å²) in [6, 6.07) is 15.4. The Balaban J connectivity index is 1.41. The molecule has 8 heteroatoms. The molecule has 1 fully saturated rings. The van der Waals surface area contributed by atoms with Gasteiger partial charge in [-0.3, -0.25) is 0 Å². The highest BCUT2D eigenvalue weighted by Crippen LogP contribution is 2.32. The minimum absolute atomic E-state index is 0.297. The highest BCUT2D eigenvalue weighted by molar-refractivity contribution is 6.30. The van der Waals surface area contributed by atoms with E-state index in [1.54, 1.807) is 25.3 Å². The van der Waals surface area contributed by atoms with Gasteiger partial charge in [-0.2, -0.15) is 0 Å². The molecule has 0 atom stereocenters. The van der Waals surface area contributed by atoms with Crippen molar-refractivity contribution in [1.82, 2.24) is 19.9 Å². The van der Waals surface area contributed by atoms with E-state index in [2.05, 4.69) is 14.9 Å². The molecule has 0 radical (unpaired) electrons. The third kappa shape index (κ3) is 4.41. The molecule has 0 bridgehead atoms. The molecule has 1 aliphatic rings. The number of aromatic amines is 1. The van der Waals surface area contributed by atoms with E-state index in [4.69, 9.17) is 26.3 Å². The number of nitrogens with one attached hydrogen (secondary N) is 1. The monoisotopic (exact) mass is 461 g/mol. The minimum Gasteiger partial charge on any atom is -0.462 e. The van der Waals surface area contributed by atoms with E-state index in [0.717, 1.165) is 48.4 Å². The summed E-state index contributed by atoms with van der Waals surface area (Å²) in [6.07, 6.45) is 3.38. The summed E-state index contributed by atoms with van der Waals surface area (Å²) in [7, 11) is 0. The highest BCUT2D eigenvalue weighted by Gasteiger charge is 2.28. The van der Waals surface area contributed by atoms with Crippen LogP contribution in [0.2, 0.25) is 5.02 Å². The standard InChI is InChI=1S/C25H24ClN5O2/c1-2-33-25(32)19-15-27-22(16-7-9-18(26)10-8-16)30-24(19)31-13-11-17(12-14-31)23-28-20-5-3-4-6-21(20)29-23/h3-10,15,17H,2,11-14H2,1H3,(H,28,29). The zero-order valence-electron chi connectivity index (χ0n) is 18.3. The van der Waals surface area contributed by atoms with Gasteiger partial charge in [-0.05, 0) is 56.2 Å². The van der Waals surface area contributed by atoms with Crippen molar-refractivity contribution in [3.63, 3.8) is 0 Å². The number of hydrogen-bond donors (Lipinski definition) is 1. The van der Waals surface area contributed by atoms with Crippen LogP contribution >= 0.6 is 11.6 Å². The predicted molar refractivity (Wildman–Crippen MR) is 129 cm³/mol. The Labute approximate surface area is 196 Å². The first-order valence-electron chi connectivity index (χ1n) is 11.1. The fourth-order valence-corrected chi connectivity index (χ4v) is 4.36. The molecule has 1 aliphatic heterocycles. The Morgan fingerprint density at radius 2 is 1.88 bits per heavy atom. The maximum atomic E-state index is 12.6. The highest BCUT2D eigenvalue weighted by atomic mass is 35.5. The number of esters is 1. The van der Waals surface area contributed by atoms with Crippen LogP contribution in [0.4, 0.5) is 5.82 Å². The zero-order valence-corrected chi connectivity index (χ0v) is 19.0. The number of benzene rings is 2. The molecule has 1 saturated heterocycles. The van der Waals surface area contributed by atoms with Crippen LogP contribution in [0.1, 0.15) is 41.9 Å². The van der Waals surface area contributed by atoms with Gasteiger partial charge in [0.25, 0.3) is 0 Å². The van der Waals surface area contributed by atoms with Gasteiger partial charge in [0.2, 0.25) is 0 Å². The van der Waals surface area contributed by atoms with E-state index in [-0.39, 0.29) is 0 Å². The van der Waals surface area contributed by atoms with Gasteiger partial charge in [-0.1, -0.05) is 23.7 Å². The summed E-state index contributed by atoms with van der Waals surface area (Å²) in [6.45, 7) is 3.60. The van der Waals surface area contributed by atoms with E-state index < -0.39 is 5.97 Å². The van der Waals surface area contributed by atoms with Crippen molar-refractivity contribution in [3.8, 4) is 11.4 Å². The van der Waals surface area contributed by atoms with E-state index in [0.29, 0.717) is 34.8 Å². The van der Waals surface area contributed by atoms with Crippen molar-refractivity contribution < 1.29 is 9.53 Å². The molecule has 0 saturated carbocycles. The Morgan fingerprint density at radius 1 is 1.12 bits per heavy atom. The number of carbonyl (C=O) groups is 1. The number of nitrogens with zero attached hydrogens (tertiary/aromatic N) is 4. The first kappa shape index (κ1) is 21.4. The molecule has 2 aromatic carbocycles. The molecular formula is C25H24ClN5O2. The SMILES string of the molecule is CCOC(=O)c1cnc(-c2ccc(Cl)cc2)nc1N1CCC(c2nc3ccccc3[nH]2)CC1. The lowest BCUT2D eigenvalue weighted by molar-refractivity contribution is 0.0526. The normalized spacial score (nSPS) is 14.5. The number of fused-ring (bicyclic) bond motifs is 1. The number of ether oxygens (including phenoxy) is 1. The lowest BCUT2D eigenvalue weighted by atomic mass is 9.96. The molecule has 4 aromatic rings. The van der Waals surface area contributed by atoms with Crippen LogP contribution in [0.15, 0.2) is 54.7 Å². The molecule has 5 rings (SSSR count). The fourth-order valence-electron chi connectivity index (χ4n) is 4.24. The quantitative estimate of drug-likeness (QED) is 0.409. The van der Waals surface area contributed by atoms with Crippen molar-refractivity contribution in [3.05, 3.63) is 71.1 Å². The van der Waals surface area contributed by atoms with E-state index in [1.807, 2.05) is 36.4 Å². The Hall–Kier alpha value is -3.45. The average Bonchev–Trinajstić information content (AvgIpc) is 3.29. The molecule has 0 unspecified atom stereocenters. The van der Waals surface area contributed by atoms with Crippen LogP contribution in [0.5, 0.6) is 0 Å². The van der Waals surface area contributed by atoms with Gasteiger partial charge >= 0.3 is 5.97 Å². The smallest absolute Gasteiger partial charge is 0.343 e. The van der Waals surface area contributed by atoms with E-state index in [1.165, 1.54) is 0 Å². The molecule has 3 heterocycles. The van der Waals surface area contributed by atoms with Crippen LogP contribution in [0, 0.1) is 0 Å². The van der Waals surface area contributed by atoms with Crippen molar-refractivity contribution >= 4 is 34.4 Å². The van der Waals surface area contributed by atoms with E-state index in [9.17, 15) is 4.79 Å². The number of rotatable bonds is 5. The lowest BCUT2D eigenvalue weighted by Crippen LogP contribution is -2.35. The minimum atomic E-state index is -0.408. The van der Waals surface area contributed by atoms with Gasteiger partial charge in [0.05, 0.1) is 17.6 Å². The number of piperidine rings is 1. The fraction of sp³-hybridized carbons (Fsp3) is 0.280. The van der Waals surface area contributed by atoms with Crippen LogP contribution in [0.3, 0.4) is 0 Å². The first-order chi connectivity index (χ1) is 16.1. The number of carbonyl (C=O) groups excluding carboxylic acids is 1. The molecule has 2 aromatic heterocycles. The molecule has 0 aliphatic carbocycles. The van der Waals surface area contributed by atoms with Crippen molar-refractivity contribution in [2.45, 2.75) is 25.7 Å². The molecule has 7 nitrogen and oxygen atoms in total. The van der Waals surface area contributed by atoms with Gasteiger partial charge in [0, 0.05) is 35.8 Å². The summed E-state index contributed by atoms with van der Waals surface area (Å²) in [5.41, 5.74) is 3.27. The Morgan fingerprint density at radius 3 is 2.61 bits per heavy atom.